The van der Waals surface area contributed by atoms with Crippen molar-refractivity contribution in [1.29, 1.82) is 0 Å². The van der Waals surface area contributed by atoms with Gasteiger partial charge in [-0.2, -0.15) is 8.42 Å². The van der Waals surface area contributed by atoms with Crippen molar-refractivity contribution in [2.45, 2.75) is 37.6 Å². The third-order valence-corrected chi connectivity index (χ3v) is 8.36. The summed E-state index contributed by atoms with van der Waals surface area (Å²) in [5, 5.41) is 5.96. The maximum atomic E-state index is 15.3. The molecule has 2 N–H and O–H groups in total. The van der Waals surface area contributed by atoms with Gasteiger partial charge in [-0.25, -0.2) is 19.2 Å². The summed E-state index contributed by atoms with van der Waals surface area (Å²) in [6.45, 7) is 8.56. The number of hydrogen-bond acceptors (Lipinski definition) is 8. The van der Waals surface area contributed by atoms with Crippen molar-refractivity contribution in [2.75, 3.05) is 18.5 Å². The van der Waals surface area contributed by atoms with Crippen LogP contribution in [0.1, 0.15) is 30.5 Å². The van der Waals surface area contributed by atoms with E-state index in [9.17, 15) is 13.2 Å². The molecule has 0 aliphatic rings. The third-order valence-electron chi connectivity index (χ3n) is 6.61. The Morgan fingerprint density at radius 2 is 1.84 bits per heavy atom. The Hall–Kier alpha value is -4.32. The van der Waals surface area contributed by atoms with E-state index in [1.165, 1.54) is 24.4 Å². The number of rotatable bonds is 12. The molecule has 0 unspecified atom stereocenters. The topological polar surface area (TPSA) is 120 Å². The Balaban J connectivity index is 1.41. The lowest BCUT2D eigenvalue weighted by Crippen LogP contribution is -2.42. The number of carbonyl (C=O) groups excluding carboxylic acids is 1. The first kappa shape index (κ1) is 32.6. The number of nitrogens with zero attached hydrogens (tertiary/aromatic N) is 2. The highest BCUT2D eigenvalue weighted by atomic mass is 35.5. The predicted molar refractivity (Wildman–Crippen MR) is 168 cm³/mol. The number of halogens is 2. The van der Waals surface area contributed by atoms with Crippen molar-refractivity contribution in [1.82, 2.24) is 15.3 Å². The second kappa shape index (κ2) is 14.0. The van der Waals surface area contributed by atoms with Gasteiger partial charge >= 0.3 is 6.09 Å². The van der Waals surface area contributed by atoms with Crippen LogP contribution in [-0.2, 0) is 31.0 Å². The van der Waals surface area contributed by atoms with E-state index in [-0.39, 0.29) is 34.6 Å². The second-order valence-corrected chi connectivity index (χ2v) is 12.3. The Kier molecular flexibility index (Phi) is 10.4. The average Bonchev–Trinajstić information content (AvgIpc) is 2.97. The first-order chi connectivity index (χ1) is 20.9. The van der Waals surface area contributed by atoms with Crippen LogP contribution in [0.25, 0.3) is 11.3 Å². The van der Waals surface area contributed by atoms with Gasteiger partial charge in [-0.1, -0.05) is 66.7 Å². The molecule has 0 aliphatic heterocycles. The molecule has 0 bridgehead atoms. The van der Waals surface area contributed by atoms with E-state index in [0.29, 0.717) is 28.9 Å². The first-order valence-electron chi connectivity index (χ1n) is 13.6. The molecule has 1 amide bonds. The molecule has 0 atom stereocenters. The molecule has 12 heteroatoms. The van der Waals surface area contributed by atoms with Crippen LogP contribution in [0.3, 0.4) is 0 Å². The van der Waals surface area contributed by atoms with Gasteiger partial charge in [0.25, 0.3) is 10.1 Å². The van der Waals surface area contributed by atoms with Crippen molar-refractivity contribution in [2.24, 2.45) is 0 Å². The molecule has 0 spiro atoms. The standard InChI is InChI=1S/C32H32ClFN4O5S/c1-5-17-42-31(39)38-32(3,4)25-15-12-23(19-27(25)34)29-26(33)20-35-30(37-29)36-24-13-10-22(11-14-24)16-18-43-44(40,41)28-9-7-6-8-21(28)2/h5-15,19-20H,1,16-18H2,2-4H3,(H,38,39)(H,35,36,37). The number of hydrogen-bond donors (Lipinski definition) is 2. The Morgan fingerprint density at radius 1 is 1.11 bits per heavy atom. The lowest BCUT2D eigenvalue weighted by Gasteiger charge is -2.27. The molecule has 1 aromatic heterocycles. The van der Waals surface area contributed by atoms with Gasteiger partial charge < -0.3 is 15.4 Å². The van der Waals surface area contributed by atoms with E-state index in [1.54, 1.807) is 63.2 Å². The number of ether oxygens (including phenoxy) is 1. The minimum atomic E-state index is -3.85. The summed E-state index contributed by atoms with van der Waals surface area (Å²) in [5.74, 6) is -0.326. The van der Waals surface area contributed by atoms with Gasteiger partial charge in [-0.3, -0.25) is 4.18 Å². The van der Waals surface area contributed by atoms with E-state index in [2.05, 4.69) is 27.2 Å². The van der Waals surface area contributed by atoms with Gasteiger partial charge in [0.05, 0.1) is 34.0 Å². The molecule has 1 heterocycles. The summed E-state index contributed by atoms with van der Waals surface area (Å²) >= 11 is 6.37. The maximum Gasteiger partial charge on any atom is 0.408 e. The Morgan fingerprint density at radius 3 is 2.52 bits per heavy atom. The summed E-state index contributed by atoms with van der Waals surface area (Å²) < 4.78 is 50.4. The molecule has 3 aromatic carbocycles. The molecule has 9 nitrogen and oxygen atoms in total. The predicted octanol–water partition coefficient (Wildman–Crippen LogP) is 7.08. The summed E-state index contributed by atoms with van der Waals surface area (Å²) in [6.07, 6.45) is 2.55. The minimum Gasteiger partial charge on any atom is -0.445 e. The lowest BCUT2D eigenvalue weighted by atomic mass is 9.92. The molecule has 44 heavy (non-hydrogen) atoms. The highest BCUT2D eigenvalue weighted by Gasteiger charge is 2.27. The largest absolute Gasteiger partial charge is 0.445 e. The summed E-state index contributed by atoms with van der Waals surface area (Å²) in [4.78, 5) is 20.9. The number of alkyl carbamates (subject to hydrolysis) is 1. The maximum absolute atomic E-state index is 15.3. The molecule has 0 fully saturated rings. The highest BCUT2D eigenvalue weighted by molar-refractivity contribution is 7.86. The van der Waals surface area contributed by atoms with Crippen molar-refractivity contribution in [3.05, 3.63) is 113 Å². The highest BCUT2D eigenvalue weighted by Crippen LogP contribution is 2.31. The van der Waals surface area contributed by atoms with Gasteiger partial charge in [0.15, 0.2) is 0 Å². The molecule has 0 saturated heterocycles. The molecule has 0 aliphatic carbocycles. The minimum absolute atomic E-state index is 0.00487. The molecule has 4 rings (SSSR count). The smallest absolute Gasteiger partial charge is 0.408 e. The van der Waals surface area contributed by atoms with Gasteiger partial charge in [0, 0.05) is 16.8 Å². The molecular formula is C32H32ClFN4O5S. The van der Waals surface area contributed by atoms with Crippen molar-refractivity contribution >= 4 is 39.4 Å². The number of benzene rings is 3. The summed E-state index contributed by atoms with van der Waals surface area (Å²) in [5.41, 5.74) is 2.09. The average molecular weight is 639 g/mol. The van der Waals surface area contributed by atoms with Crippen LogP contribution in [0.5, 0.6) is 0 Å². The van der Waals surface area contributed by atoms with Crippen LogP contribution < -0.4 is 10.6 Å². The number of nitrogens with one attached hydrogen (secondary N) is 2. The molecule has 230 valence electrons. The zero-order valence-electron chi connectivity index (χ0n) is 24.4. The SMILES string of the molecule is C=CCOC(=O)NC(C)(C)c1ccc(-c2nc(Nc3ccc(CCOS(=O)(=O)c4ccccc4C)cc3)ncc2Cl)cc1F. The van der Waals surface area contributed by atoms with Crippen LogP contribution >= 0.6 is 11.6 Å². The number of aryl methyl sites for hydroxylation is 1. The van der Waals surface area contributed by atoms with Gasteiger partial charge in [0.2, 0.25) is 5.95 Å². The zero-order chi connectivity index (χ0) is 31.9. The van der Waals surface area contributed by atoms with Crippen molar-refractivity contribution in [3.63, 3.8) is 0 Å². The fourth-order valence-electron chi connectivity index (χ4n) is 4.35. The van der Waals surface area contributed by atoms with E-state index in [1.807, 2.05) is 12.1 Å². The number of aromatic nitrogens is 2. The van der Waals surface area contributed by atoms with Crippen LogP contribution in [0.4, 0.5) is 20.8 Å². The fraction of sp³-hybridized carbons (Fsp3) is 0.219. The molecule has 0 saturated carbocycles. The van der Waals surface area contributed by atoms with E-state index >= 15 is 4.39 Å². The van der Waals surface area contributed by atoms with Gasteiger partial charge in [-0.15, -0.1) is 0 Å². The van der Waals surface area contributed by atoms with Crippen molar-refractivity contribution in [3.8, 4) is 11.3 Å². The Bertz CT molecular complexity index is 1770. The summed E-state index contributed by atoms with van der Waals surface area (Å²) in [7, 11) is -3.85. The third kappa shape index (κ3) is 8.19. The zero-order valence-corrected chi connectivity index (χ0v) is 26.0. The van der Waals surface area contributed by atoms with E-state index < -0.39 is 27.6 Å². The number of anilines is 2. The van der Waals surface area contributed by atoms with Gasteiger partial charge in [0.1, 0.15) is 12.4 Å². The normalized spacial score (nSPS) is 11.6. The fourth-order valence-corrected chi connectivity index (χ4v) is 5.68. The van der Waals surface area contributed by atoms with E-state index in [0.717, 1.165) is 5.56 Å². The molecule has 0 radical (unpaired) electrons. The van der Waals surface area contributed by atoms with Crippen LogP contribution in [-0.4, -0.2) is 37.7 Å². The first-order valence-corrected chi connectivity index (χ1v) is 15.4. The second-order valence-electron chi connectivity index (χ2n) is 10.3. The number of carbonyl (C=O) groups is 1. The number of amides is 1. The van der Waals surface area contributed by atoms with Crippen molar-refractivity contribution < 1.29 is 26.5 Å². The van der Waals surface area contributed by atoms with Crippen LogP contribution in [0.2, 0.25) is 5.02 Å². The van der Waals surface area contributed by atoms with Gasteiger partial charge in [-0.05, 0) is 62.6 Å². The quantitative estimate of drug-likeness (QED) is 0.125. The monoisotopic (exact) mass is 638 g/mol. The summed E-state index contributed by atoms with van der Waals surface area (Å²) in [6, 6.07) is 18.4. The van der Waals surface area contributed by atoms with Crippen LogP contribution in [0.15, 0.2) is 90.5 Å². The lowest BCUT2D eigenvalue weighted by molar-refractivity contribution is 0.147. The van der Waals surface area contributed by atoms with Crippen LogP contribution in [0, 0.1) is 12.7 Å². The van der Waals surface area contributed by atoms with E-state index in [4.69, 9.17) is 20.5 Å². The molecule has 4 aromatic rings. The Labute approximate surface area is 261 Å². The molecular weight excluding hydrogens is 607 g/mol.